The third-order valence-electron chi connectivity index (χ3n) is 3.43. The Hall–Kier alpha value is -3.03. The first-order valence-electron chi connectivity index (χ1n) is 7.32. The molecule has 0 aromatic heterocycles. The second kappa shape index (κ2) is 6.84. The van der Waals surface area contributed by atoms with E-state index in [1.165, 1.54) is 18.3 Å². The lowest BCUT2D eigenvalue weighted by molar-refractivity contribution is -0.137. The van der Waals surface area contributed by atoms with E-state index in [2.05, 4.69) is 10.5 Å². The van der Waals surface area contributed by atoms with Crippen LogP contribution in [0.2, 0.25) is 0 Å². The number of nitrogens with zero attached hydrogens (tertiary/aromatic N) is 1. The fourth-order valence-corrected chi connectivity index (χ4v) is 2.15. The maximum absolute atomic E-state index is 12.5. The molecule has 1 heterocycles. The van der Waals surface area contributed by atoms with Crippen LogP contribution < -0.4 is 14.9 Å². The average molecular weight is 350 g/mol. The third kappa shape index (κ3) is 4.09. The van der Waals surface area contributed by atoms with Crippen LogP contribution in [0.5, 0.6) is 11.5 Å². The molecular formula is C17H13F3N2O3. The zero-order valence-corrected chi connectivity index (χ0v) is 12.8. The topological polar surface area (TPSA) is 59.9 Å². The number of carbonyl (C=O) groups is 1. The van der Waals surface area contributed by atoms with Gasteiger partial charge in [0.25, 0.3) is 5.91 Å². The fourth-order valence-electron chi connectivity index (χ4n) is 2.15. The first-order chi connectivity index (χ1) is 11.9. The van der Waals surface area contributed by atoms with E-state index in [1.54, 1.807) is 24.3 Å². The SMILES string of the molecule is O=C(N/N=C\c1ccc(C(F)(F)F)cc1)[C@@H]1COc2ccccc2O1. The Bertz CT molecular complexity index is 788. The largest absolute Gasteiger partial charge is 0.485 e. The molecule has 1 aliphatic heterocycles. The summed E-state index contributed by atoms with van der Waals surface area (Å²) >= 11 is 0. The number of fused-ring (bicyclic) bond motifs is 1. The smallest absolute Gasteiger partial charge is 0.416 e. The van der Waals surface area contributed by atoms with Crippen molar-refractivity contribution in [3.05, 3.63) is 59.7 Å². The van der Waals surface area contributed by atoms with Crippen molar-refractivity contribution in [2.24, 2.45) is 5.10 Å². The predicted octanol–water partition coefficient (Wildman–Crippen LogP) is 3.00. The third-order valence-corrected chi connectivity index (χ3v) is 3.43. The summed E-state index contributed by atoms with van der Waals surface area (Å²) in [7, 11) is 0. The molecule has 1 N–H and O–H groups in total. The van der Waals surface area contributed by atoms with Gasteiger partial charge in [-0.3, -0.25) is 4.79 Å². The first kappa shape index (κ1) is 16.8. The van der Waals surface area contributed by atoms with Gasteiger partial charge in [0.1, 0.15) is 6.61 Å². The summed E-state index contributed by atoms with van der Waals surface area (Å²) in [5.41, 5.74) is 1.95. The van der Waals surface area contributed by atoms with Crippen LogP contribution in [0.1, 0.15) is 11.1 Å². The summed E-state index contributed by atoms with van der Waals surface area (Å²) in [6.07, 6.45) is -4.01. The number of hydrazone groups is 1. The summed E-state index contributed by atoms with van der Waals surface area (Å²) in [6, 6.07) is 11.4. The van der Waals surface area contributed by atoms with Crippen LogP contribution in [0.15, 0.2) is 53.6 Å². The van der Waals surface area contributed by atoms with Crippen molar-refractivity contribution in [2.45, 2.75) is 12.3 Å². The van der Waals surface area contributed by atoms with E-state index in [-0.39, 0.29) is 6.61 Å². The molecule has 0 saturated carbocycles. The molecule has 0 bridgehead atoms. The number of ether oxygens (including phenoxy) is 2. The number of carbonyl (C=O) groups excluding carboxylic acids is 1. The number of rotatable bonds is 3. The van der Waals surface area contributed by atoms with Gasteiger partial charge in [0.2, 0.25) is 6.10 Å². The Labute approximate surface area is 141 Å². The standard InChI is InChI=1S/C17H13F3N2O3/c18-17(19,20)12-7-5-11(6-8-12)9-21-22-16(23)15-10-24-13-3-1-2-4-14(13)25-15/h1-9,15H,10H2,(H,22,23)/b21-9-/t15-/m0/s1. The van der Waals surface area contributed by atoms with E-state index in [9.17, 15) is 18.0 Å². The summed E-state index contributed by atoms with van der Waals surface area (Å²) in [6.45, 7) is 0.0403. The number of hydrogen-bond acceptors (Lipinski definition) is 4. The van der Waals surface area contributed by atoms with Crippen LogP contribution >= 0.6 is 0 Å². The maximum Gasteiger partial charge on any atom is 0.416 e. The van der Waals surface area contributed by atoms with Gasteiger partial charge < -0.3 is 9.47 Å². The maximum atomic E-state index is 12.5. The van der Waals surface area contributed by atoms with Gasteiger partial charge in [-0.15, -0.1) is 0 Å². The van der Waals surface area contributed by atoms with Crippen molar-refractivity contribution >= 4 is 12.1 Å². The number of halogens is 3. The number of para-hydroxylation sites is 2. The lowest BCUT2D eigenvalue weighted by atomic mass is 10.1. The van der Waals surface area contributed by atoms with Crippen molar-refractivity contribution in [2.75, 3.05) is 6.61 Å². The summed E-state index contributed by atoms with van der Waals surface area (Å²) in [5, 5.41) is 3.72. The van der Waals surface area contributed by atoms with E-state index < -0.39 is 23.8 Å². The molecule has 0 saturated heterocycles. The average Bonchev–Trinajstić information content (AvgIpc) is 2.61. The van der Waals surface area contributed by atoms with Gasteiger partial charge >= 0.3 is 6.18 Å². The van der Waals surface area contributed by atoms with Gasteiger partial charge in [-0.05, 0) is 29.8 Å². The number of amides is 1. The molecule has 0 unspecified atom stereocenters. The first-order valence-corrected chi connectivity index (χ1v) is 7.32. The Morgan fingerprint density at radius 3 is 2.48 bits per heavy atom. The molecule has 1 aliphatic rings. The quantitative estimate of drug-likeness (QED) is 0.684. The van der Waals surface area contributed by atoms with E-state index in [0.717, 1.165) is 12.1 Å². The second-order valence-electron chi connectivity index (χ2n) is 5.22. The van der Waals surface area contributed by atoms with Crippen molar-refractivity contribution in [1.82, 2.24) is 5.43 Å². The molecule has 1 amide bonds. The summed E-state index contributed by atoms with van der Waals surface area (Å²) in [4.78, 5) is 12.0. The van der Waals surface area contributed by atoms with Crippen LogP contribution in [0.3, 0.4) is 0 Å². The van der Waals surface area contributed by atoms with Gasteiger partial charge in [-0.2, -0.15) is 18.3 Å². The van der Waals surface area contributed by atoms with E-state index in [1.807, 2.05) is 0 Å². The van der Waals surface area contributed by atoms with E-state index in [0.29, 0.717) is 17.1 Å². The Morgan fingerprint density at radius 1 is 1.12 bits per heavy atom. The minimum atomic E-state index is -4.39. The fraction of sp³-hybridized carbons (Fsp3) is 0.176. The molecule has 25 heavy (non-hydrogen) atoms. The van der Waals surface area contributed by atoms with Gasteiger partial charge in [-0.1, -0.05) is 24.3 Å². The van der Waals surface area contributed by atoms with Crippen molar-refractivity contribution < 1.29 is 27.4 Å². The number of benzene rings is 2. The summed E-state index contributed by atoms with van der Waals surface area (Å²) in [5.74, 6) is 0.498. The van der Waals surface area contributed by atoms with Crippen LogP contribution in [-0.4, -0.2) is 24.8 Å². The minimum absolute atomic E-state index is 0.0403. The molecule has 1 atom stereocenters. The Balaban J connectivity index is 1.56. The Kier molecular flexibility index (Phi) is 4.60. The van der Waals surface area contributed by atoms with E-state index in [4.69, 9.17) is 9.47 Å². The number of alkyl halides is 3. The number of hydrogen-bond donors (Lipinski definition) is 1. The monoisotopic (exact) mass is 350 g/mol. The lowest BCUT2D eigenvalue weighted by Crippen LogP contribution is -2.42. The van der Waals surface area contributed by atoms with Crippen LogP contribution in [0.4, 0.5) is 13.2 Å². The second-order valence-corrected chi connectivity index (χ2v) is 5.22. The predicted molar refractivity (Wildman–Crippen MR) is 83.5 cm³/mol. The molecule has 2 aromatic rings. The highest BCUT2D eigenvalue weighted by molar-refractivity contribution is 5.85. The van der Waals surface area contributed by atoms with Crippen LogP contribution in [-0.2, 0) is 11.0 Å². The molecule has 0 aliphatic carbocycles. The van der Waals surface area contributed by atoms with Gasteiger partial charge in [0.05, 0.1) is 11.8 Å². The molecular weight excluding hydrogens is 337 g/mol. The zero-order chi connectivity index (χ0) is 17.9. The molecule has 0 fully saturated rings. The van der Waals surface area contributed by atoms with E-state index >= 15 is 0 Å². The molecule has 3 rings (SSSR count). The van der Waals surface area contributed by atoms with Gasteiger partial charge in [0.15, 0.2) is 11.5 Å². The molecule has 130 valence electrons. The minimum Gasteiger partial charge on any atom is -0.485 e. The molecule has 5 nitrogen and oxygen atoms in total. The highest BCUT2D eigenvalue weighted by Gasteiger charge is 2.30. The molecule has 2 aromatic carbocycles. The number of nitrogens with one attached hydrogen (secondary N) is 1. The molecule has 0 radical (unpaired) electrons. The lowest BCUT2D eigenvalue weighted by Gasteiger charge is -2.24. The van der Waals surface area contributed by atoms with Crippen molar-refractivity contribution in [3.63, 3.8) is 0 Å². The van der Waals surface area contributed by atoms with Crippen molar-refractivity contribution in [1.29, 1.82) is 0 Å². The van der Waals surface area contributed by atoms with Gasteiger partial charge in [-0.25, -0.2) is 5.43 Å². The Morgan fingerprint density at radius 2 is 1.80 bits per heavy atom. The highest BCUT2D eigenvalue weighted by atomic mass is 19.4. The summed E-state index contributed by atoms with van der Waals surface area (Å²) < 4.78 is 48.4. The molecule has 0 spiro atoms. The van der Waals surface area contributed by atoms with Gasteiger partial charge in [0, 0.05) is 0 Å². The van der Waals surface area contributed by atoms with Crippen LogP contribution in [0.25, 0.3) is 0 Å². The molecule has 8 heteroatoms. The normalized spacial score (nSPS) is 16.7. The van der Waals surface area contributed by atoms with Crippen LogP contribution in [0, 0.1) is 0 Å². The zero-order valence-electron chi connectivity index (χ0n) is 12.8. The highest BCUT2D eigenvalue weighted by Crippen LogP contribution is 2.31. The van der Waals surface area contributed by atoms with Crippen molar-refractivity contribution in [3.8, 4) is 11.5 Å².